The van der Waals surface area contributed by atoms with Crippen molar-refractivity contribution in [1.29, 1.82) is 0 Å². The maximum atomic E-state index is 13.0. The van der Waals surface area contributed by atoms with Crippen LogP contribution >= 0.6 is 0 Å². The molecular formula is C14H13F2NO. The Morgan fingerprint density at radius 3 is 2.33 bits per heavy atom. The summed E-state index contributed by atoms with van der Waals surface area (Å²) in [5, 5.41) is 0. The summed E-state index contributed by atoms with van der Waals surface area (Å²) in [7, 11) is 0. The van der Waals surface area contributed by atoms with E-state index in [-0.39, 0.29) is 6.61 Å². The van der Waals surface area contributed by atoms with Crippen LogP contribution in [-0.2, 0) is 13.2 Å². The average molecular weight is 249 g/mol. The van der Waals surface area contributed by atoms with Gasteiger partial charge in [0, 0.05) is 12.6 Å². The molecule has 0 aromatic heterocycles. The van der Waals surface area contributed by atoms with E-state index >= 15 is 0 Å². The molecule has 2 nitrogen and oxygen atoms in total. The highest BCUT2D eigenvalue weighted by Crippen LogP contribution is 2.18. The average Bonchev–Trinajstić information content (AvgIpc) is 2.40. The number of halogens is 2. The summed E-state index contributed by atoms with van der Waals surface area (Å²) in [5.41, 5.74) is 7.51. The van der Waals surface area contributed by atoms with Crippen LogP contribution in [0, 0.1) is 11.6 Å². The van der Waals surface area contributed by atoms with Gasteiger partial charge < -0.3 is 10.5 Å². The van der Waals surface area contributed by atoms with Crippen molar-refractivity contribution in [3.63, 3.8) is 0 Å². The fraction of sp³-hybridized carbons (Fsp3) is 0.143. The van der Waals surface area contributed by atoms with Crippen molar-refractivity contribution in [2.45, 2.75) is 13.2 Å². The highest BCUT2D eigenvalue weighted by atomic mass is 19.2. The summed E-state index contributed by atoms with van der Waals surface area (Å²) in [4.78, 5) is 0. The molecule has 0 saturated heterocycles. The van der Waals surface area contributed by atoms with Gasteiger partial charge in [0.05, 0.1) is 0 Å². The van der Waals surface area contributed by atoms with Gasteiger partial charge in [0.15, 0.2) is 11.6 Å². The Morgan fingerprint density at radius 2 is 1.67 bits per heavy atom. The predicted octanol–water partition coefficient (Wildman–Crippen LogP) is 3.00. The lowest BCUT2D eigenvalue weighted by atomic mass is 10.1. The maximum Gasteiger partial charge on any atom is 0.162 e. The monoisotopic (exact) mass is 249 g/mol. The Bertz CT molecular complexity index is 543. The van der Waals surface area contributed by atoms with Crippen LogP contribution < -0.4 is 10.5 Å². The van der Waals surface area contributed by atoms with Gasteiger partial charge in [0.2, 0.25) is 0 Å². The van der Waals surface area contributed by atoms with Gasteiger partial charge in [0.1, 0.15) is 12.4 Å². The first-order valence-electron chi connectivity index (χ1n) is 5.55. The normalized spacial score (nSPS) is 10.4. The lowest BCUT2D eigenvalue weighted by molar-refractivity contribution is 0.302. The van der Waals surface area contributed by atoms with Crippen molar-refractivity contribution in [2.24, 2.45) is 5.73 Å². The van der Waals surface area contributed by atoms with Crippen LogP contribution in [0.4, 0.5) is 8.78 Å². The van der Waals surface area contributed by atoms with E-state index in [2.05, 4.69) is 0 Å². The van der Waals surface area contributed by atoms with E-state index in [4.69, 9.17) is 10.5 Å². The topological polar surface area (TPSA) is 35.2 Å². The van der Waals surface area contributed by atoms with Crippen LogP contribution in [0.1, 0.15) is 11.1 Å². The van der Waals surface area contributed by atoms with Crippen LogP contribution in [0.2, 0.25) is 0 Å². The van der Waals surface area contributed by atoms with Gasteiger partial charge in [-0.25, -0.2) is 8.78 Å². The molecule has 94 valence electrons. The summed E-state index contributed by atoms with van der Waals surface area (Å²) in [6.07, 6.45) is 0. The van der Waals surface area contributed by atoms with Crippen LogP contribution in [0.3, 0.4) is 0 Å². The number of hydrogen-bond donors (Lipinski definition) is 1. The quantitative estimate of drug-likeness (QED) is 0.904. The highest BCUT2D eigenvalue weighted by molar-refractivity contribution is 5.28. The van der Waals surface area contributed by atoms with E-state index in [0.29, 0.717) is 12.3 Å². The summed E-state index contributed by atoms with van der Waals surface area (Å²) >= 11 is 0. The molecule has 0 atom stereocenters. The third-order valence-electron chi connectivity index (χ3n) is 2.62. The molecule has 0 unspecified atom stereocenters. The molecule has 2 aromatic rings. The molecule has 2 rings (SSSR count). The SMILES string of the molecule is NCc1ccccc1COc1ccc(F)c(F)c1. The van der Waals surface area contributed by atoms with Gasteiger partial charge in [0.25, 0.3) is 0 Å². The van der Waals surface area contributed by atoms with Gasteiger partial charge in [-0.3, -0.25) is 0 Å². The number of rotatable bonds is 4. The molecule has 4 heteroatoms. The molecule has 18 heavy (non-hydrogen) atoms. The Morgan fingerprint density at radius 1 is 0.944 bits per heavy atom. The van der Waals surface area contributed by atoms with Gasteiger partial charge in [-0.15, -0.1) is 0 Å². The van der Waals surface area contributed by atoms with E-state index in [1.165, 1.54) is 6.07 Å². The maximum absolute atomic E-state index is 13.0. The van der Waals surface area contributed by atoms with E-state index in [0.717, 1.165) is 23.3 Å². The van der Waals surface area contributed by atoms with Crippen LogP contribution in [0.15, 0.2) is 42.5 Å². The summed E-state index contributed by atoms with van der Waals surface area (Å²) in [6.45, 7) is 0.690. The van der Waals surface area contributed by atoms with Crippen LogP contribution in [0.5, 0.6) is 5.75 Å². The summed E-state index contributed by atoms with van der Waals surface area (Å²) in [5.74, 6) is -1.51. The first-order valence-corrected chi connectivity index (χ1v) is 5.55. The van der Waals surface area contributed by atoms with Crippen molar-refractivity contribution < 1.29 is 13.5 Å². The summed E-state index contributed by atoms with van der Waals surface area (Å²) in [6, 6.07) is 11.0. The molecule has 0 radical (unpaired) electrons. The molecule has 2 aromatic carbocycles. The second-order valence-corrected chi connectivity index (χ2v) is 3.84. The zero-order valence-electron chi connectivity index (χ0n) is 9.70. The lowest BCUT2D eigenvalue weighted by Gasteiger charge is -2.09. The van der Waals surface area contributed by atoms with Crippen molar-refractivity contribution in [3.8, 4) is 5.75 Å². The molecule has 0 saturated carbocycles. The highest BCUT2D eigenvalue weighted by Gasteiger charge is 2.05. The van der Waals surface area contributed by atoms with Gasteiger partial charge in [-0.05, 0) is 23.3 Å². The molecular weight excluding hydrogens is 236 g/mol. The minimum Gasteiger partial charge on any atom is -0.489 e. The molecule has 0 aliphatic rings. The molecule has 0 heterocycles. The Labute approximate surface area is 104 Å². The van der Waals surface area contributed by atoms with Crippen LogP contribution in [0.25, 0.3) is 0 Å². The fourth-order valence-corrected chi connectivity index (χ4v) is 1.63. The minimum atomic E-state index is -0.917. The van der Waals surface area contributed by atoms with E-state index < -0.39 is 11.6 Å². The smallest absolute Gasteiger partial charge is 0.162 e. The van der Waals surface area contributed by atoms with Crippen molar-refractivity contribution in [3.05, 3.63) is 65.2 Å². The molecule has 0 spiro atoms. The van der Waals surface area contributed by atoms with Crippen molar-refractivity contribution in [1.82, 2.24) is 0 Å². The van der Waals surface area contributed by atoms with Crippen LogP contribution in [-0.4, -0.2) is 0 Å². The first-order chi connectivity index (χ1) is 8.70. The third kappa shape index (κ3) is 2.84. The molecule has 0 amide bonds. The standard InChI is InChI=1S/C14H13F2NO/c15-13-6-5-12(7-14(13)16)18-9-11-4-2-1-3-10(11)8-17/h1-7H,8-9,17H2. The first kappa shape index (κ1) is 12.5. The zero-order valence-corrected chi connectivity index (χ0v) is 9.70. The fourth-order valence-electron chi connectivity index (χ4n) is 1.63. The van der Waals surface area contributed by atoms with Crippen molar-refractivity contribution >= 4 is 0 Å². The summed E-state index contributed by atoms with van der Waals surface area (Å²) < 4.78 is 31.1. The molecule has 0 aliphatic heterocycles. The molecule has 0 fully saturated rings. The second kappa shape index (κ2) is 5.60. The number of benzene rings is 2. The zero-order chi connectivity index (χ0) is 13.0. The largest absolute Gasteiger partial charge is 0.489 e. The molecule has 2 N–H and O–H groups in total. The van der Waals surface area contributed by atoms with Crippen molar-refractivity contribution in [2.75, 3.05) is 0 Å². The van der Waals surface area contributed by atoms with Gasteiger partial charge >= 0.3 is 0 Å². The number of nitrogens with two attached hydrogens (primary N) is 1. The van der Waals surface area contributed by atoms with E-state index in [1.54, 1.807) is 0 Å². The predicted molar refractivity (Wildman–Crippen MR) is 65.0 cm³/mol. The minimum absolute atomic E-state index is 0.276. The van der Waals surface area contributed by atoms with E-state index in [9.17, 15) is 8.78 Å². The lowest BCUT2D eigenvalue weighted by Crippen LogP contribution is -2.04. The third-order valence-corrected chi connectivity index (χ3v) is 2.62. The Hall–Kier alpha value is -1.94. The van der Waals surface area contributed by atoms with Gasteiger partial charge in [-0.1, -0.05) is 24.3 Å². The molecule has 0 bridgehead atoms. The number of ether oxygens (including phenoxy) is 1. The molecule has 0 aliphatic carbocycles. The Balaban J connectivity index is 2.09. The second-order valence-electron chi connectivity index (χ2n) is 3.84. The number of hydrogen-bond acceptors (Lipinski definition) is 2. The Kier molecular flexibility index (Phi) is 3.89. The van der Waals surface area contributed by atoms with Gasteiger partial charge in [-0.2, -0.15) is 0 Å². The van der Waals surface area contributed by atoms with E-state index in [1.807, 2.05) is 24.3 Å².